The van der Waals surface area contributed by atoms with Crippen LogP contribution in [-0.4, -0.2) is 48.3 Å². The highest BCUT2D eigenvalue weighted by Crippen LogP contribution is 2.38. The third kappa shape index (κ3) is 4.69. The maximum Gasteiger partial charge on any atom is 0.311 e. The zero-order valence-corrected chi connectivity index (χ0v) is 17.1. The minimum Gasteiger partial charge on any atom is -0.320 e. The SMILES string of the molecule is CN(C)CCCN(c1ccccc1-c1ccccc1C=O)c1ncccc1[N+](=O)[O-]. The van der Waals surface area contributed by atoms with E-state index in [0.29, 0.717) is 12.1 Å². The van der Waals surface area contributed by atoms with Gasteiger partial charge in [-0.15, -0.1) is 0 Å². The molecule has 7 nitrogen and oxygen atoms in total. The Bertz CT molecular complexity index is 1040. The molecule has 0 N–H and O–H groups in total. The van der Waals surface area contributed by atoms with E-state index in [2.05, 4.69) is 9.88 Å². The number of benzene rings is 2. The largest absolute Gasteiger partial charge is 0.320 e. The summed E-state index contributed by atoms with van der Waals surface area (Å²) in [7, 11) is 3.98. The maximum atomic E-state index is 11.7. The Balaban J connectivity index is 2.16. The molecule has 0 aliphatic carbocycles. The monoisotopic (exact) mass is 404 g/mol. The number of para-hydroxylation sites is 1. The van der Waals surface area contributed by atoms with E-state index in [9.17, 15) is 14.9 Å². The minimum atomic E-state index is -0.413. The lowest BCUT2D eigenvalue weighted by atomic mass is 9.98. The summed E-state index contributed by atoms with van der Waals surface area (Å²) in [6.45, 7) is 1.36. The summed E-state index contributed by atoms with van der Waals surface area (Å²) in [5.74, 6) is 0.289. The molecule has 0 radical (unpaired) electrons. The van der Waals surface area contributed by atoms with E-state index in [-0.39, 0.29) is 11.5 Å². The molecular formula is C23H24N4O3. The molecule has 0 unspecified atom stereocenters. The van der Waals surface area contributed by atoms with Gasteiger partial charge in [0.25, 0.3) is 0 Å². The number of aromatic nitrogens is 1. The first-order valence-corrected chi connectivity index (χ1v) is 9.68. The maximum absolute atomic E-state index is 11.7. The van der Waals surface area contributed by atoms with Crippen molar-refractivity contribution in [1.82, 2.24) is 9.88 Å². The molecular weight excluding hydrogens is 380 g/mol. The van der Waals surface area contributed by atoms with Crippen molar-refractivity contribution in [2.24, 2.45) is 0 Å². The van der Waals surface area contributed by atoms with Gasteiger partial charge in [-0.05, 0) is 44.8 Å². The lowest BCUT2D eigenvalue weighted by molar-refractivity contribution is -0.384. The Morgan fingerprint density at radius 1 is 0.967 bits per heavy atom. The molecule has 0 atom stereocenters. The van der Waals surface area contributed by atoms with Gasteiger partial charge in [-0.25, -0.2) is 4.98 Å². The van der Waals surface area contributed by atoms with Gasteiger partial charge in [0.05, 0.1) is 10.6 Å². The second-order valence-electron chi connectivity index (χ2n) is 7.13. The number of nitro groups is 1. The Morgan fingerprint density at radius 2 is 1.67 bits per heavy atom. The van der Waals surface area contributed by atoms with Crippen LogP contribution < -0.4 is 4.90 Å². The molecule has 0 saturated carbocycles. The molecule has 2 aromatic carbocycles. The van der Waals surface area contributed by atoms with E-state index in [0.717, 1.165) is 36.1 Å². The molecule has 3 aromatic rings. The Labute approximate surface area is 175 Å². The third-order valence-electron chi connectivity index (χ3n) is 4.78. The van der Waals surface area contributed by atoms with Crippen LogP contribution in [0.25, 0.3) is 11.1 Å². The molecule has 1 aromatic heterocycles. The first kappa shape index (κ1) is 21.1. The smallest absolute Gasteiger partial charge is 0.311 e. The number of aldehydes is 1. The van der Waals surface area contributed by atoms with Gasteiger partial charge in [-0.1, -0.05) is 42.5 Å². The number of hydrogen-bond acceptors (Lipinski definition) is 6. The van der Waals surface area contributed by atoms with E-state index in [1.807, 2.05) is 61.5 Å². The fraction of sp³-hybridized carbons (Fsp3) is 0.217. The number of nitrogens with zero attached hydrogens (tertiary/aromatic N) is 4. The molecule has 0 spiro atoms. The second-order valence-corrected chi connectivity index (χ2v) is 7.13. The quantitative estimate of drug-likeness (QED) is 0.295. The molecule has 0 fully saturated rings. The minimum absolute atomic E-state index is 0.0548. The van der Waals surface area contributed by atoms with Crippen molar-refractivity contribution in [1.29, 1.82) is 0 Å². The van der Waals surface area contributed by atoms with Crippen molar-refractivity contribution in [2.75, 3.05) is 32.1 Å². The predicted molar refractivity (Wildman–Crippen MR) is 118 cm³/mol. The zero-order chi connectivity index (χ0) is 21.5. The third-order valence-corrected chi connectivity index (χ3v) is 4.78. The van der Waals surface area contributed by atoms with E-state index in [4.69, 9.17) is 0 Å². The van der Waals surface area contributed by atoms with E-state index < -0.39 is 4.92 Å². The molecule has 0 amide bonds. The molecule has 7 heteroatoms. The van der Waals surface area contributed by atoms with Crippen molar-refractivity contribution < 1.29 is 9.72 Å². The van der Waals surface area contributed by atoms with Crippen LogP contribution in [0, 0.1) is 10.1 Å². The van der Waals surface area contributed by atoms with Gasteiger partial charge in [-0.3, -0.25) is 14.9 Å². The summed E-state index contributed by atoms with van der Waals surface area (Å²) >= 11 is 0. The van der Waals surface area contributed by atoms with Gasteiger partial charge in [0.1, 0.15) is 0 Å². The fourth-order valence-corrected chi connectivity index (χ4v) is 3.41. The predicted octanol–water partition coefficient (Wildman–Crippen LogP) is 4.56. The van der Waals surface area contributed by atoms with E-state index >= 15 is 0 Å². The van der Waals surface area contributed by atoms with Gasteiger partial charge < -0.3 is 9.80 Å². The van der Waals surface area contributed by atoms with Crippen LogP contribution in [0.1, 0.15) is 16.8 Å². The average Bonchev–Trinajstić information content (AvgIpc) is 2.76. The topological polar surface area (TPSA) is 79.6 Å². The van der Waals surface area contributed by atoms with E-state index in [1.54, 1.807) is 18.3 Å². The number of hydrogen-bond donors (Lipinski definition) is 0. The molecule has 30 heavy (non-hydrogen) atoms. The van der Waals surface area contributed by atoms with Crippen molar-refractivity contribution in [3.63, 3.8) is 0 Å². The first-order valence-electron chi connectivity index (χ1n) is 9.68. The molecule has 3 rings (SSSR count). The van der Waals surface area contributed by atoms with Crippen LogP contribution >= 0.6 is 0 Å². The van der Waals surface area contributed by atoms with E-state index in [1.165, 1.54) is 6.07 Å². The molecule has 0 saturated heterocycles. The molecule has 0 bridgehead atoms. The van der Waals surface area contributed by atoms with Gasteiger partial charge in [0.2, 0.25) is 5.82 Å². The van der Waals surface area contributed by atoms with Crippen molar-refractivity contribution in [2.45, 2.75) is 6.42 Å². The lowest BCUT2D eigenvalue weighted by Gasteiger charge is -2.27. The standard InChI is InChI=1S/C23H24N4O3/c1-25(2)15-8-16-26(23-22(27(29)30)13-7-14-24-23)21-12-6-5-11-20(21)19-10-4-3-9-18(19)17-28/h3-7,9-14,17H,8,15-16H2,1-2H3. The summed E-state index contributed by atoms with van der Waals surface area (Å²) in [4.78, 5) is 31.2. The average molecular weight is 404 g/mol. The number of carbonyl (C=O) groups is 1. The Kier molecular flexibility index (Phi) is 6.87. The normalized spacial score (nSPS) is 10.8. The first-order chi connectivity index (χ1) is 14.5. The van der Waals surface area contributed by atoms with Crippen LogP contribution in [0.2, 0.25) is 0 Å². The van der Waals surface area contributed by atoms with Crippen LogP contribution in [0.15, 0.2) is 66.9 Å². The summed E-state index contributed by atoms with van der Waals surface area (Å²) < 4.78 is 0. The highest BCUT2D eigenvalue weighted by atomic mass is 16.6. The molecule has 1 heterocycles. The van der Waals surface area contributed by atoms with Gasteiger partial charge in [0, 0.05) is 29.9 Å². The summed E-state index contributed by atoms with van der Waals surface area (Å²) in [6, 6.07) is 18.0. The zero-order valence-electron chi connectivity index (χ0n) is 17.1. The molecule has 0 aliphatic heterocycles. The Morgan fingerprint density at radius 3 is 2.37 bits per heavy atom. The van der Waals surface area contributed by atoms with Crippen LogP contribution in [0.3, 0.4) is 0 Å². The van der Waals surface area contributed by atoms with Crippen LogP contribution in [0.4, 0.5) is 17.2 Å². The number of pyridine rings is 1. The molecule has 0 aliphatic rings. The van der Waals surface area contributed by atoms with Crippen molar-refractivity contribution in [3.8, 4) is 11.1 Å². The van der Waals surface area contributed by atoms with Crippen LogP contribution in [-0.2, 0) is 0 Å². The summed E-state index contributed by atoms with van der Waals surface area (Å²) in [5, 5.41) is 11.7. The molecule has 154 valence electrons. The van der Waals surface area contributed by atoms with Crippen LogP contribution in [0.5, 0.6) is 0 Å². The highest BCUT2D eigenvalue weighted by Gasteiger charge is 2.24. The number of anilines is 2. The Hall–Kier alpha value is -3.58. The number of carbonyl (C=O) groups excluding carboxylic acids is 1. The number of rotatable bonds is 9. The second kappa shape index (κ2) is 9.76. The van der Waals surface area contributed by atoms with Gasteiger partial charge in [0.15, 0.2) is 6.29 Å². The lowest BCUT2D eigenvalue weighted by Crippen LogP contribution is -2.25. The van der Waals surface area contributed by atoms with Gasteiger partial charge >= 0.3 is 5.69 Å². The highest BCUT2D eigenvalue weighted by molar-refractivity contribution is 5.93. The summed E-state index contributed by atoms with van der Waals surface area (Å²) in [5.41, 5.74) is 2.88. The van der Waals surface area contributed by atoms with Crippen molar-refractivity contribution in [3.05, 3.63) is 82.5 Å². The fourth-order valence-electron chi connectivity index (χ4n) is 3.41. The van der Waals surface area contributed by atoms with Gasteiger partial charge in [-0.2, -0.15) is 0 Å². The summed E-state index contributed by atoms with van der Waals surface area (Å²) in [6.07, 6.45) is 3.17. The van der Waals surface area contributed by atoms with Crippen molar-refractivity contribution >= 4 is 23.5 Å².